The molecule has 0 radical (unpaired) electrons. The van der Waals surface area contributed by atoms with Crippen LogP contribution in [0, 0.1) is 0 Å². The normalized spacial score (nSPS) is 16.6. The predicted molar refractivity (Wildman–Crippen MR) is 73.0 cm³/mol. The van der Waals surface area contributed by atoms with E-state index >= 15 is 0 Å². The SMILES string of the molecule is CC(C)(CNC(=O)CN)N1CCOCC1.Cl.Cl. The molecule has 7 heteroatoms. The first-order valence-electron chi connectivity index (χ1n) is 5.36. The molecule has 17 heavy (non-hydrogen) atoms. The molecule has 5 nitrogen and oxygen atoms in total. The van der Waals surface area contributed by atoms with Crippen molar-refractivity contribution in [3.8, 4) is 0 Å². The van der Waals surface area contributed by atoms with Crippen LogP contribution in [0.2, 0.25) is 0 Å². The molecule has 0 aromatic heterocycles. The molecule has 0 unspecified atom stereocenters. The fourth-order valence-corrected chi connectivity index (χ4v) is 1.67. The van der Waals surface area contributed by atoms with Crippen LogP contribution in [0.1, 0.15) is 13.8 Å². The van der Waals surface area contributed by atoms with Gasteiger partial charge in [0.15, 0.2) is 0 Å². The van der Waals surface area contributed by atoms with Crippen molar-refractivity contribution in [3.63, 3.8) is 0 Å². The fourth-order valence-electron chi connectivity index (χ4n) is 1.67. The van der Waals surface area contributed by atoms with Gasteiger partial charge in [-0.2, -0.15) is 0 Å². The molecule has 0 aliphatic carbocycles. The number of hydrogen-bond acceptors (Lipinski definition) is 4. The lowest BCUT2D eigenvalue weighted by Crippen LogP contribution is -2.55. The van der Waals surface area contributed by atoms with E-state index in [4.69, 9.17) is 10.5 Å². The van der Waals surface area contributed by atoms with E-state index in [9.17, 15) is 4.79 Å². The maximum atomic E-state index is 11.1. The van der Waals surface area contributed by atoms with Gasteiger partial charge in [0.05, 0.1) is 19.8 Å². The van der Waals surface area contributed by atoms with Crippen LogP contribution < -0.4 is 11.1 Å². The van der Waals surface area contributed by atoms with Crippen molar-refractivity contribution in [2.75, 3.05) is 39.4 Å². The predicted octanol–water partition coefficient (Wildman–Crippen LogP) is 0.0157. The van der Waals surface area contributed by atoms with Crippen molar-refractivity contribution in [2.45, 2.75) is 19.4 Å². The average Bonchev–Trinajstić information content (AvgIpc) is 2.27. The first-order chi connectivity index (χ1) is 7.06. The van der Waals surface area contributed by atoms with E-state index in [2.05, 4.69) is 24.1 Å². The largest absolute Gasteiger partial charge is 0.379 e. The van der Waals surface area contributed by atoms with E-state index in [1.54, 1.807) is 0 Å². The fraction of sp³-hybridized carbons (Fsp3) is 0.900. The molecule has 0 spiro atoms. The Labute approximate surface area is 115 Å². The van der Waals surface area contributed by atoms with Gasteiger partial charge in [0.1, 0.15) is 0 Å². The lowest BCUT2D eigenvalue weighted by molar-refractivity contribution is -0.120. The molecule has 0 atom stereocenters. The average molecular weight is 288 g/mol. The van der Waals surface area contributed by atoms with E-state index in [-0.39, 0.29) is 42.8 Å². The third-order valence-corrected chi connectivity index (χ3v) is 2.77. The van der Waals surface area contributed by atoms with Crippen LogP contribution in [-0.4, -0.2) is 55.7 Å². The van der Waals surface area contributed by atoms with Crippen molar-refractivity contribution in [1.29, 1.82) is 0 Å². The number of nitrogens with two attached hydrogens (primary N) is 1. The molecular weight excluding hydrogens is 265 g/mol. The molecule has 3 N–H and O–H groups in total. The number of halogens is 2. The minimum absolute atomic E-state index is 0. The molecule has 1 saturated heterocycles. The highest BCUT2D eigenvalue weighted by Gasteiger charge is 2.28. The van der Waals surface area contributed by atoms with E-state index in [1.165, 1.54) is 0 Å². The van der Waals surface area contributed by atoms with Crippen LogP contribution in [0.15, 0.2) is 0 Å². The van der Waals surface area contributed by atoms with Crippen LogP contribution in [-0.2, 0) is 9.53 Å². The quantitative estimate of drug-likeness (QED) is 0.765. The number of nitrogens with one attached hydrogen (secondary N) is 1. The maximum Gasteiger partial charge on any atom is 0.233 e. The molecule has 1 amide bonds. The number of morpholine rings is 1. The zero-order valence-electron chi connectivity index (χ0n) is 10.4. The number of carbonyl (C=O) groups excluding carboxylic acids is 1. The van der Waals surface area contributed by atoms with Crippen molar-refractivity contribution in [3.05, 3.63) is 0 Å². The zero-order valence-corrected chi connectivity index (χ0v) is 12.0. The van der Waals surface area contributed by atoms with Gasteiger partial charge in [-0.05, 0) is 13.8 Å². The lowest BCUT2D eigenvalue weighted by Gasteiger charge is -2.40. The minimum Gasteiger partial charge on any atom is -0.379 e. The number of amides is 1. The van der Waals surface area contributed by atoms with Crippen LogP contribution in [0.25, 0.3) is 0 Å². The molecule has 104 valence electrons. The summed E-state index contributed by atoms with van der Waals surface area (Å²) in [5.41, 5.74) is 5.20. The minimum atomic E-state index is -0.101. The Morgan fingerprint density at radius 2 is 1.88 bits per heavy atom. The van der Waals surface area contributed by atoms with Crippen molar-refractivity contribution in [2.24, 2.45) is 5.73 Å². The highest BCUT2D eigenvalue weighted by Crippen LogP contribution is 2.14. The summed E-state index contributed by atoms with van der Waals surface area (Å²) in [6.07, 6.45) is 0. The highest BCUT2D eigenvalue weighted by molar-refractivity contribution is 5.85. The molecule has 1 rings (SSSR count). The Bertz CT molecular complexity index is 222. The Morgan fingerprint density at radius 1 is 1.35 bits per heavy atom. The summed E-state index contributed by atoms with van der Waals surface area (Å²) in [5.74, 6) is -0.101. The van der Waals surface area contributed by atoms with Crippen LogP contribution >= 0.6 is 24.8 Å². The summed E-state index contributed by atoms with van der Waals surface area (Å²) in [5, 5.41) is 2.82. The molecule has 0 bridgehead atoms. The van der Waals surface area contributed by atoms with Crippen molar-refractivity contribution in [1.82, 2.24) is 10.2 Å². The molecule has 1 heterocycles. The van der Waals surface area contributed by atoms with Gasteiger partial charge in [-0.15, -0.1) is 24.8 Å². The van der Waals surface area contributed by atoms with Crippen molar-refractivity contribution >= 4 is 30.7 Å². The second-order valence-electron chi connectivity index (χ2n) is 4.39. The molecular formula is C10H23Cl2N3O2. The topological polar surface area (TPSA) is 67.6 Å². The highest BCUT2D eigenvalue weighted by atomic mass is 35.5. The van der Waals surface area contributed by atoms with E-state index in [0.29, 0.717) is 6.54 Å². The molecule has 1 aliphatic rings. The summed E-state index contributed by atoms with van der Waals surface area (Å²) in [6.45, 7) is 8.31. The van der Waals surface area contributed by atoms with Crippen LogP contribution in [0.5, 0.6) is 0 Å². The van der Waals surface area contributed by atoms with Gasteiger partial charge in [-0.3, -0.25) is 9.69 Å². The number of carbonyl (C=O) groups is 1. The molecule has 0 aromatic carbocycles. The third-order valence-electron chi connectivity index (χ3n) is 2.77. The maximum absolute atomic E-state index is 11.1. The van der Waals surface area contributed by atoms with Crippen LogP contribution in [0.4, 0.5) is 0 Å². The molecule has 0 aromatic rings. The summed E-state index contributed by atoms with van der Waals surface area (Å²) < 4.78 is 5.29. The Morgan fingerprint density at radius 3 is 2.35 bits per heavy atom. The summed E-state index contributed by atoms with van der Waals surface area (Å²) in [7, 11) is 0. The number of ether oxygens (including phenoxy) is 1. The first-order valence-corrected chi connectivity index (χ1v) is 5.36. The summed E-state index contributed by atoms with van der Waals surface area (Å²) >= 11 is 0. The van der Waals surface area contributed by atoms with Gasteiger partial charge in [0.25, 0.3) is 0 Å². The van der Waals surface area contributed by atoms with Gasteiger partial charge in [-0.1, -0.05) is 0 Å². The third kappa shape index (κ3) is 6.43. The Hall–Kier alpha value is -0.0700. The Kier molecular flexibility index (Phi) is 10.1. The molecule has 0 saturated carbocycles. The second kappa shape index (κ2) is 8.94. The monoisotopic (exact) mass is 287 g/mol. The van der Waals surface area contributed by atoms with E-state index in [0.717, 1.165) is 26.3 Å². The standard InChI is InChI=1S/C10H21N3O2.2ClH/c1-10(2,8-12-9(14)7-11)13-3-5-15-6-4-13;;/h3-8,11H2,1-2H3,(H,12,14);2*1H. The number of rotatable bonds is 4. The van der Waals surface area contributed by atoms with Crippen LogP contribution in [0.3, 0.4) is 0 Å². The number of nitrogens with zero attached hydrogens (tertiary/aromatic N) is 1. The smallest absolute Gasteiger partial charge is 0.233 e. The van der Waals surface area contributed by atoms with E-state index in [1.807, 2.05) is 0 Å². The summed E-state index contributed by atoms with van der Waals surface area (Å²) in [4.78, 5) is 13.4. The molecule has 1 fully saturated rings. The lowest BCUT2D eigenvalue weighted by atomic mass is 10.0. The first kappa shape index (κ1) is 19.3. The Balaban J connectivity index is 0. The zero-order chi connectivity index (χ0) is 11.3. The van der Waals surface area contributed by atoms with Gasteiger partial charge in [0, 0.05) is 25.2 Å². The number of hydrogen-bond donors (Lipinski definition) is 2. The van der Waals surface area contributed by atoms with E-state index < -0.39 is 0 Å². The second-order valence-corrected chi connectivity index (χ2v) is 4.39. The van der Waals surface area contributed by atoms with Gasteiger partial charge in [-0.25, -0.2) is 0 Å². The molecule has 1 aliphatic heterocycles. The van der Waals surface area contributed by atoms with Crippen molar-refractivity contribution < 1.29 is 9.53 Å². The van der Waals surface area contributed by atoms with Gasteiger partial charge < -0.3 is 15.8 Å². The van der Waals surface area contributed by atoms with Gasteiger partial charge in [0.2, 0.25) is 5.91 Å². The summed E-state index contributed by atoms with van der Waals surface area (Å²) in [6, 6.07) is 0. The van der Waals surface area contributed by atoms with Gasteiger partial charge >= 0.3 is 0 Å².